The molecule has 2 aromatic heterocycles. The summed E-state index contributed by atoms with van der Waals surface area (Å²) < 4.78 is 1.54. The molecule has 2 amide bonds. The number of nitrogens with one attached hydrogen (secondary N) is 1. The van der Waals surface area contributed by atoms with Crippen LogP contribution in [-0.2, 0) is 11.2 Å². The quantitative estimate of drug-likeness (QED) is 0.706. The first-order valence-corrected chi connectivity index (χ1v) is 8.85. The average Bonchev–Trinajstić information content (AvgIpc) is 3.05. The zero-order valence-corrected chi connectivity index (χ0v) is 16.3. The summed E-state index contributed by atoms with van der Waals surface area (Å²) in [4.78, 5) is 29.6. The van der Waals surface area contributed by atoms with Crippen molar-refractivity contribution in [2.24, 2.45) is 0 Å². The molecule has 0 atom stereocenters. The smallest absolute Gasteiger partial charge is 0.257 e. The Morgan fingerprint density at radius 3 is 2.63 bits per heavy atom. The Morgan fingerprint density at radius 2 is 1.93 bits per heavy atom. The molecular weight excluding hydrogens is 389 g/mol. The molecule has 7 nitrogen and oxygen atoms in total. The Labute approximate surface area is 165 Å². The number of halogens is 2. The maximum Gasteiger partial charge on any atom is 0.257 e. The van der Waals surface area contributed by atoms with Crippen LogP contribution in [-0.4, -0.2) is 52.0 Å². The second-order valence-corrected chi connectivity index (χ2v) is 7.00. The van der Waals surface area contributed by atoms with Crippen LogP contribution < -0.4 is 5.32 Å². The van der Waals surface area contributed by atoms with Crippen LogP contribution in [0.1, 0.15) is 21.5 Å². The van der Waals surface area contributed by atoms with Crippen LogP contribution in [0.3, 0.4) is 0 Å². The van der Waals surface area contributed by atoms with Gasteiger partial charge in [0.1, 0.15) is 5.56 Å². The summed E-state index contributed by atoms with van der Waals surface area (Å²) in [6, 6.07) is 5.44. The van der Waals surface area contributed by atoms with Crippen LogP contribution in [0, 0.1) is 0 Å². The van der Waals surface area contributed by atoms with Gasteiger partial charge < -0.3 is 10.2 Å². The number of nitrogens with zero attached hydrogens (tertiary/aromatic N) is 4. The Morgan fingerprint density at radius 1 is 1.15 bits per heavy atom. The maximum atomic E-state index is 12.3. The molecule has 0 saturated heterocycles. The fourth-order valence-corrected chi connectivity index (χ4v) is 2.78. The number of aromatic nitrogens is 3. The molecule has 27 heavy (non-hydrogen) atoms. The Hall–Kier alpha value is -2.64. The minimum atomic E-state index is -0.398. The number of carbonyl (C=O) groups is 2. The highest BCUT2D eigenvalue weighted by Gasteiger charge is 2.15. The highest BCUT2D eigenvalue weighted by molar-refractivity contribution is 6.42. The predicted molar refractivity (Wildman–Crippen MR) is 103 cm³/mol. The van der Waals surface area contributed by atoms with E-state index in [4.69, 9.17) is 23.2 Å². The highest BCUT2D eigenvalue weighted by atomic mass is 35.5. The summed E-state index contributed by atoms with van der Waals surface area (Å²) in [6.45, 7) is -0.0847. The molecule has 0 radical (unpaired) electrons. The van der Waals surface area contributed by atoms with Gasteiger partial charge in [-0.25, -0.2) is 9.50 Å². The first kappa shape index (κ1) is 19.1. The maximum absolute atomic E-state index is 12.3. The lowest BCUT2D eigenvalue weighted by Gasteiger charge is -2.10. The monoisotopic (exact) mass is 405 g/mol. The number of benzene rings is 1. The summed E-state index contributed by atoms with van der Waals surface area (Å²) in [6.07, 6.45) is 5.51. The number of likely N-dealkylation sites (N-methyl/N-ethyl adjacent to an activating group) is 1. The van der Waals surface area contributed by atoms with E-state index in [0.29, 0.717) is 27.7 Å². The second-order valence-electron chi connectivity index (χ2n) is 6.18. The molecule has 0 aliphatic carbocycles. The van der Waals surface area contributed by atoms with Gasteiger partial charge in [-0.2, -0.15) is 5.10 Å². The topological polar surface area (TPSA) is 79.6 Å². The van der Waals surface area contributed by atoms with Crippen molar-refractivity contribution in [3.05, 3.63) is 63.5 Å². The van der Waals surface area contributed by atoms with Gasteiger partial charge in [0.2, 0.25) is 5.91 Å². The summed E-state index contributed by atoms with van der Waals surface area (Å²) in [7, 11) is 3.25. The molecule has 0 unspecified atom stereocenters. The lowest BCUT2D eigenvalue weighted by atomic mass is 10.1. The molecule has 3 aromatic rings. The van der Waals surface area contributed by atoms with E-state index in [-0.39, 0.29) is 12.5 Å². The lowest BCUT2D eigenvalue weighted by molar-refractivity contribution is -0.127. The van der Waals surface area contributed by atoms with Gasteiger partial charge in [0, 0.05) is 32.9 Å². The first-order valence-electron chi connectivity index (χ1n) is 8.09. The van der Waals surface area contributed by atoms with Crippen LogP contribution in [0.2, 0.25) is 10.0 Å². The van der Waals surface area contributed by atoms with E-state index in [1.54, 1.807) is 38.6 Å². The van der Waals surface area contributed by atoms with Crippen LogP contribution in [0.4, 0.5) is 0 Å². The normalized spacial score (nSPS) is 10.8. The summed E-state index contributed by atoms with van der Waals surface area (Å²) >= 11 is 12.0. The SMILES string of the molecule is CN(C)C(=O)CNC(=O)c1cnn2cc(Cc3ccc(Cl)c(Cl)c3)cnc12. The van der Waals surface area contributed by atoms with Crippen molar-refractivity contribution in [3.63, 3.8) is 0 Å². The van der Waals surface area contributed by atoms with Gasteiger partial charge in [0.15, 0.2) is 5.65 Å². The number of carbonyl (C=O) groups excluding carboxylic acids is 2. The van der Waals surface area contributed by atoms with E-state index in [1.165, 1.54) is 15.6 Å². The van der Waals surface area contributed by atoms with Crippen LogP contribution in [0.5, 0.6) is 0 Å². The molecule has 0 bridgehead atoms. The Balaban J connectivity index is 1.76. The molecule has 1 aromatic carbocycles. The van der Waals surface area contributed by atoms with Crippen LogP contribution >= 0.6 is 23.2 Å². The minimum Gasteiger partial charge on any atom is -0.347 e. The number of amides is 2. The number of fused-ring (bicyclic) bond motifs is 1. The van der Waals surface area contributed by atoms with Crippen molar-refractivity contribution in [1.82, 2.24) is 24.8 Å². The van der Waals surface area contributed by atoms with Crippen LogP contribution in [0.25, 0.3) is 5.65 Å². The first-order chi connectivity index (χ1) is 12.8. The van der Waals surface area contributed by atoms with Gasteiger partial charge in [0.05, 0.1) is 22.8 Å². The fourth-order valence-electron chi connectivity index (χ4n) is 2.46. The van der Waals surface area contributed by atoms with Crippen molar-refractivity contribution in [2.75, 3.05) is 20.6 Å². The van der Waals surface area contributed by atoms with Gasteiger partial charge >= 0.3 is 0 Å². The third-order valence-corrected chi connectivity index (χ3v) is 4.68. The fraction of sp³-hybridized carbons (Fsp3) is 0.222. The second kappa shape index (κ2) is 7.94. The summed E-state index contributed by atoms with van der Waals surface area (Å²) in [5.74, 6) is -0.596. The van der Waals surface area contributed by atoms with Crippen molar-refractivity contribution in [1.29, 1.82) is 0 Å². The number of hydrogen-bond donors (Lipinski definition) is 1. The molecule has 2 heterocycles. The Bertz CT molecular complexity index is 1020. The Kier molecular flexibility index (Phi) is 5.62. The highest BCUT2D eigenvalue weighted by Crippen LogP contribution is 2.24. The van der Waals surface area contributed by atoms with Crippen molar-refractivity contribution < 1.29 is 9.59 Å². The van der Waals surface area contributed by atoms with Crippen molar-refractivity contribution in [2.45, 2.75) is 6.42 Å². The van der Waals surface area contributed by atoms with E-state index in [2.05, 4.69) is 15.4 Å². The van der Waals surface area contributed by atoms with Gasteiger partial charge in [-0.05, 0) is 23.3 Å². The molecule has 0 fully saturated rings. The molecule has 0 saturated carbocycles. The lowest BCUT2D eigenvalue weighted by Crippen LogP contribution is -2.36. The van der Waals surface area contributed by atoms with Gasteiger partial charge in [-0.1, -0.05) is 29.3 Å². The predicted octanol–water partition coefficient (Wildman–Crippen LogP) is 2.44. The van der Waals surface area contributed by atoms with Crippen molar-refractivity contribution >= 4 is 40.7 Å². The van der Waals surface area contributed by atoms with E-state index >= 15 is 0 Å². The molecule has 3 rings (SSSR count). The number of rotatable bonds is 5. The molecule has 0 aliphatic rings. The van der Waals surface area contributed by atoms with E-state index in [1.807, 2.05) is 6.07 Å². The zero-order chi connectivity index (χ0) is 19.6. The van der Waals surface area contributed by atoms with Gasteiger partial charge in [-0.15, -0.1) is 0 Å². The standard InChI is InChI=1S/C18H17Cl2N5O2/c1-24(2)16(26)9-22-18(27)13-8-23-25-10-12(7-21-17(13)25)5-11-3-4-14(19)15(20)6-11/h3-4,6-8,10H,5,9H2,1-2H3,(H,22,27). The molecular formula is C18H17Cl2N5O2. The summed E-state index contributed by atoms with van der Waals surface area (Å²) in [5.41, 5.74) is 2.61. The van der Waals surface area contributed by atoms with Crippen molar-refractivity contribution in [3.8, 4) is 0 Å². The third-order valence-electron chi connectivity index (χ3n) is 3.95. The molecule has 0 aliphatic heterocycles. The number of hydrogen-bond acceptors (Lipinski definition) is 4. The minimum absolute atomic E-state index is 0.0847. The molecule has 0 spiro atoms. The third kappa shape index (κ3) is 4.37. The molecule has 140 valence electrons. The van der Waals surface area contributed by atoms with Gasteiger partial charge in [-0.3, -0.25) is 9.59 Å². The summed E-state index contributed by atoms with van der Waals surface area (Å²) in [5, 5.41) is 7.76. The van der Waals surface area contributed by atoms with Crippen LogP contribution in [0.15, 0.2) is 36.8 Å². The van der Waals surface area contributed by atoms with E-state index in [0.717, 1.165) is 11.1 Å². The molecule has 9 heteroatoms. The molecule has 1 N–H and O–H groups in total. The zero-order valence-electron chi connectivity index (χ0n) is 14.7. The van der Waals surface area contributed by atoms with E-state index in [9.17, 15) is 9.59 Å². The largest absolute Gasteiger partial charge is 0.347 e. The average molecular weight is 406 g/mol. The van der Waals surface area contributed by atoms with Gasteiger partial charge in [0.25, 0.3) is 5.91 Å². The van der Waals surface area contributed by atoms with E-state index < -0.39 is 5.91 Å².